The molecule has 5 heteroatoms. The topological polar surface area (TPSA) is 80.4 Å². The highest BCUT2D eigenvalue weighted by molar-refractivity contribution is 5.91. The van der Waals surface area contributed by atoms with Gasteiger partial charge < -0.3 is 5.11 Å². The van der Waals surface area contributed by atoms with Crippen LogP contribution >= 0.6 is 0 Å². The van der Waals surface area contributed by atoms with Crippen LogP contribution in [0.5, 0.6) is 0 Å². The number of nitrogens with zero attached hydrogens (tertiary/aromatic N) is 1. The first-order valence-electron chi connectivity index (χ1n) is 3.96. The minimum atomic E-state index is -1.13. The highest BCUT2D eigenvalue weighted by Gasteiger charge is 2.15. The molecule has 0 fully saturated rings. The Hall–Kier alpha value is -1.91. The first-order chi connectivity index (χ1) is 6.52. The van der Waals surface area contributed by atoms with Gasteiger partial charge in [-0.1, -0.05) is 18.2 Å². The van der Waals surface area contributed by atoms with Crippen molar-refractivity contribution in [1.29, 1.82) is 0 Å². The lowest BCUT2D eigenvalue weighted by Crippen LogP contribution is -2.08. The summed E-state index contributed by atoms with van der Waals surface area (Å²) >= 11 is 0. The monoisotopic (exact) mass is 195 g/mol. The van der Waals surface area contributed by atoms with Gasteiger partial charge in [-0.05, 0) is 12.5 Å². The first-order valence-corrected chi connectivity index (χ1v) is 3.96. The van der Waals surface area contributed by atoms with Crippen LogP contribution < -0.4 is 0 Å². The number of carbonyl (C=O) groups is 1. The Morgan fingerprint density at radius 3 is 2.71 bits per heavy atom. The van der Waals surface area contributed by atoms with Crippen LogP contribution in [0.3, 0.4) is 0 Å². The van der Waals surface area contributed by atoms with E-state index in [-0.39, 0.29) is 11.1 Å². The summed E-state index contributed by atoms with van der Waals surface area (Å²) in [6.45, 7) is 1.16. The number of hydrogen-bond acceptors (Lipinski definition) is 3. The zero-order valence-electron chi connectivity index (χ0n) is 7.56. The lowest BCUT2D eigenvalue weighted by molar-refractivity contribution is -0.496. The van der Waals surface area contributed by atoms with E-state index in [2.05, 4.69) is 0 Å². The second kappa shape index (κ2) is 3.87. The largest absolute Gasteiger partial charge is 0.478 e. The summed E-state index contributed by atoms with van der Waals surface area (Å²) in [6, 6.07) is 4.69. The maximum absolute atomic E-state index is 10.8. The second-order valence-electron chi connectivity index (χ2n) is 2.91. The van der Waals surface area contributed by atoms with E-state index in [9.17, 15) is 14.9 Å². The van der Waals surface area contributed by atoms with Crippen molar-refractivity contribution < 1.29 is 14.8 Å². The molecule has 14 heavy (non-hydrogen) atoms. The van der Waals surface area contributed by atoms with Crippen LogP contribution in [0.1, 0.15) is 21.5 Å². The molecule has 0 aliphatic heterocycles. The number of aryl methyl sites for hydroxylation is 1. The molecule has 1 aromatic rings. The first kappa shape index (κ1) is 10.2. The van der Waals surface area contributed by atoms with E-state index in [0.717, 1.165) is 0 Å². The molecule has 0 heterocycles. The standard InChI is InChI=1S/C9H9NO4/c1-6-3-2-4-7(5-10(13)14)8(6)9(11)12/h2-4H,5H2,1H3,(H,11,12). The fourth-order valence-electron chi connectivity index (χ4n) is 1.31. The lowest BCUT2D eigenvalue weighted by atomic mass is 10.0. The number of hydrogen-bond donors (Lipinski definition) is 1. The molecule has 74 valence electrons. The Bertz CT molecular complexity index is 386. The van der Waals surface area contributed by atoms with Crippen LogP contribution in [-0.2, 0) is 6.54 Å². The molecule has 0 aliphatic rings. The van der Waals surface area contributed by atoms with E-state index in [4.69, 9.17) is 5.11 Å². The maximum Gasteiger partial charge on any atom is 0.336 e. The summed E-state index contributed by atoms with van der Waals surface area (Å²) in [5, 5.41) is 19.1. The predicted molar refractivity (Wildman–Crippen MR) is 48.8 cm³/mol. The molecule has 0 atom stereocenters. The number of benzene rings is 1. The molecule has 0 aromatic heterocycles. The van der Waals surface area contributed by atoms with Gasteiger partial charge in [0, 0.05) is 10.5 Å². The van der Waals surface area contributed by atoms with Crippen molar-refractivity contribution in [2.24, 2.45) is 0 Å². The van der Waals surface area contributed by atoms with Crippen molar-refractivity contribution in [2.75, 3.05) is 0 Å². The summed E-state index contributed by atoms with van der Waals surface area (Å²) in [5.41, 5.74) is 0.809. The van der Waals surface area contributed by atoms with Crippen molar-refractivity contribution in [1.82, 2.24) is 0 Å². The maximum atomic E-state index is 10.8. The average molecular weight is 195 g/mol. The molecule has 0 aliphatic carbocycles. The van der Waals surface area contributed by atoms with E-state index < -0.39 is 17.4 Å². The summed E-state index contributed by atoms with van der Waals surface area (Å²) < 4.78 is 0. The molecule has 0 saturated heterocycles. The summed E-state index contributed by atoms with van der Waals surface area (Å²) in [6.07, 6.45) is 0. The van der Waals surface area contributed by atoms with Crippen molar-refractivity contribution >= 4 is 5.97 Å². The van der Waals surface area contributed by atoms with Gasteiger partial charge in [-0.25, -0.2) is 4.79 Å². The summed E-state index contributed by atoms with van der Waals surface area (Å²) in [4.78, 5) is 20.5. The van der Waals surface area contributed by atoms with Gasteiger partial charge in [0.25, 0.3) is 0 Å². The van der Waals surface area contributed by atoms with Crippen molar-refractivity contribution in [3.8, 4) is 0 Å². The van der Waals surface area contributed by atoms with Crippen LogP contribution in [-0.4, -0.2) is 16.0 Å². The molecule has 0 radical (unpaired) electrons. The van der Waals surface area contributed by atoms with Crippen LogP contribution in [0.15, 0.2) is 18.2 Å². The molecule has 5 nitrogen and oxygen atoms in total. The molecule has 0 saturated carbocycles. The highest BCUT2D eigenvalue weighted by Crippen LogP contribution is 2.14. The highest BCUT2D eigenvalue weighted by atomic mass is 16.6. The van der Waals surface area contributed by atoms with Crippen LogP contribution in [0.4, 0.5) is 0 Å². The Labute approximate surface area is 80.1 Å². The van der Waals surface area contributed by atoms with Gasteiger partial charge in [-0.15, -0.1) is 0 Å². The van der Waals surface area contributed by atoms with E-state index in [0.29, 0.717) is 5.56 Å². The summed E-state index contributed by atoms with van der Waals surface area (Å²) in [7, 11) is 0. The molecule has 0 amide bonds. The normalized spacial score (nSPS) is 9.79. The number of carboxylic acid groups (broad SMARTS) is 1. The Kier molecular flexibility index (Phi) is 2.81. The van der Waals surface area contributed by atoms with Crippen LogP contribution in [0, 0.1) is 17.0 Å². The summed E-state index contributed by atoms with van der Waals surface area (Å²) in [5.74, 6) is -1.13. The minimum absolute atomic E-state index is 0.0317. The van der Waals surface area contributed by atoms with E-state index in [1.165, 1.54) is 6.07 Å². The smallest absolute Gasteiger partial charge is 0.336 e. The number of rotatable bonds is 3. The van der Waals surface area contributed by atoms with Crippen molar-refractivity contribution in [3.63, 3.8) is 0 Å². The molecule has 1 rings (SSSR count). The van der Waals surface area contributed by atoms with E-state index >= 15 is 0 Å². The fraction of sp³-hybridized carbons (Fsp3) is 0.222. The van der Waals surface area contributed by atoms with Gasteiger partial charge in [0.15, 0.2) is 0 Å². The molecule has 0 unspecified atom stereocenters. The Morgan fingerprint density at radius 2 is 2.21 bits per heavy atom. The zero-order chi connectivity index (χ0) is 10.7. The third kappa shape index (κ3) is 2.07. The Morgan fingerprint density at radius 1 is 1.57 bits per heavy atom. The molecule has 0 spiro atoms. The Balaban J connectivity index is 3.21. The quantitative estimate of drug-likeness (QED) is 0.585. The number of aromatic carboxylic acids is 1. The second-order valence-corrected chi connectivity index (χ2v) is 2.91. The SMILES string of the molecule is Cc1cccc(C[N+](=O)[O-])c1C(=O)O. The predicted octanol–water partition coefficient (Wildman–Crippen LogP) is 1.47. The third-order valence-electron chi connectivity index (χ3n) is 1.87. The minimum Gasteiger partial charge on any atom is -0.478 e. The third-order valence-corrected chi connectivity index (χ3v) is 1.87. The van der Waals surface area contributed by atoms with E-state index in [1.54, 1.807) is 19.1 Å². The molecule has 1 aromatic carbocycles. The zero-order valence-corrected chi connectivity index (χ0v) is 7.56. The van der Waals surface area contributed by atoms with Gasteiger partial charge in [0.2, 0.25) is 6.54 Å². The van der Waals surface area contributed by atoms with Gasteiger partial charge in [-0.3, -0.25) is 10.1 Å². The molecule has 1 N–H and O–H groups in total. The van der Waals surface area contributed by atoms with Gasteiger partial charge in [0.05, 0.1) is 5.56 Å². The van der Waals surface area contributed by atoms with Crippen LogP contribution in [0.2, 0.25) is 0 Å². The van der Waals surface area contributed by atoms with Crippen molar-refractivity contribution in [3.05, 3.63) is 45.0 Å². The fourth-order valence-corrected chi connectivity index (χ4v) is 1.31. The molecular weight excluding hydrogens is 186 g/mol. The van der Waals surface area contributed by atoms with Crippen LogP contribution in [0.25, 0.3) is 0 Å². The number of carboxylic acids is 1. The molecular formula is C9H9NO4. The van der Waals surface area contributed by atoms with E-state index in [1.807, 2.05) is 0 Å². The molecule has 0 bridgehead atoms. The van der Waals surface area contributed by atoms with Crippen molar-refractivity contribution in [2.45, 2.75) is 13.5 Å². The van der Waals surface area contributed by atoms with Gasteiger partial charge >= 0.3 is 5.97 Å². The average Bonchev–Trinajstić information content (AvgIpc) is 2.01. The van der Waals surface area contributed by atoms with Gasteiger partial charge in [-0.2, -0.15) is 0 Å². The number of nitro groups is 1. The lowest BCUT2D eigenvalue weighted by Gasteiger charge is -2.04. The van der Waals surface area contributed by atoms with Gasteiger partial charge in [0.1, 0.15) is 0 Å².